The van der Waals surface area contributed by atoms with Gasteiger partial charge in [-0.05, 0) is 42.5 Å². The molecule has 1 rings (SSSR count). The molecule has 0 fully saturated rings. The van der Waals surface area contributed by atoms with Crippen molar-refractivity contribution in [2.45, 2.75) is 51.5 Å². The summed E-state index contributed by atoms with van der Waals surface area (Å²) in [5.41, 5.74) is 1.69. The Bertz CT molecular complexity index is 520. The predicted octanol–water partition coefficient (Wildman–Crippen LogP) is 2.55. The van der Waals surface area contributed by atoms with Gasteiger partial charge in [0, 0.05) is 13.1 Å². The molecule has 20 heavy (non-hydrogen) atoms. The zero-order valence-electron chi connectivity index (χ0n) is 12.6. The van der Waals surface area contributed by atoms with Gasteiger partial charge in [-0.15, -0.1) is 0 Å². The molecule has 0 aliphatic rings. The van der Waals surface area contributed by atoms with Crippen molar-refractivity contribution in [2.75, 3.05) is 13.1 Å². The van der Waals surface area contributed by atoms with Crippen molar-refractivity contribution in [3.63, 3.8) is 0 Å². The highest BCUT2D eigenvalue weighted by Gasteiger charge is 2.23. The quantitative estimate of drug-likeness (QED) is 0.802. The van der Waals surface area contributed by atoms with Crippen molar-refractivity contribution in [1.29, 1.82) is 0 Å². The van der Waals surface area contributed by atoms with Crippen LogP contribution in [-0.4, -0.2) is 30.9 Å². The lowest BCUT2D eigenvalue weighted by atomic mass is 10.1. The van der Waals surface area contributed by atoms with Crippen LogP contribution >= 0.6 is 0 Å². The Labute approximate surface area is 122 Å². The molecule has 114 valence electrons. The third-order valence-electron chi connectivity index (χ3n) is 3.31. The Balaban J connectivity index is 3.19. The maximum Gasteiger partial charge on any atom is 0.243 e. The number of nitrogens with zero attached hydrogens (tertiary/aromatic N) is 1. The lowest BCUT2D eigenvalue weighted by Gasteiger charge is -2.21. The molecule has 1 aromatic rings. The minimum atomic E-state index is -3.46. The maximum absolute atomic E-state index is 12.6. The Kier molecular flexibility index (Phi) is 6.65. The molecule has 0 saturated heterocycles. The number of aryl methyl sites for hydroxylation is 1. The number of rotatable bonds is 8. The van der Waals surface area contributed by atoms with Crippen LogP contribution in [0.4, 0.5) is 0 Å². The van der Waals surface area contributed by atoms with Crippen LogP contribution in [0.5, 0.6) is 0 Å². The second-order valence-electron chi connectivity index (χ2n) is 4.85. The molecule has 0 spiro atoms. The highest BCUT2D eigenvalue weighted by molar-refractivity contribution is 7.89. The average molecular weight is 299 g/mol. The van der Waals surface area contributed by atoms with Crippen LogP contribution in [0.15, 0.2) is 23.1 Å². The fourth-order valence-corrected chi connectivity index (χ4v) is 3.93. The van der Waals surface area contributed by atoms with E-state index in [-0.39, 0.29) is 11.5 Å². The van der Waals surface area contributed by atoms with Crippen LogP contribution in [0, 0.1) is 0 Å². The number of aliphatic hydroxyl groups is 1. The molecule has 1 aromatic carbocycles. The number of aliphatic hydroxyl groups excluding tert-OH is 1. The predicted molar refractivity (Wildman–Crippen MR) is 81.1 cm³/mol. The van der Waals surface area contributed by atoms with Gasteiger partial charge in [-0.1, -0.05) is 26.8 Å². The van der Waals surface area contributed by atoms with E-state index in [4.69, 9.17) is 0 Å². The summed E-state index contributed by atoms with van der Waals surface area (Å²) in [5, 5.41) is 9.38. The second-order valence-corrected chi connectivity index (χ2v) is 6.78. The van der Waals surface area contributed by atoms with Crippen LogP contribution in [0.1, 0.15) is 44.7 Å². The number of hydrogen-bond acceptors (Lipinski definition) is 3. The fourth-order valence-electron chi connectivity index (χ4n) is 2.25. The molecule has 0 heterocycles. The number of benzene rings is 1. The van der Waals surface area contributed by atoms with Gasteiger partial charge >= 0.3 is 0 Å². The summed E-state index contributed by atoms with van der Waals surface area (Å²) in [7, 11) is -3.46. The summed E-state index contributed by atoms with van der Waals surface area (Å²) in [6.07, 6.45) is 2.36. The molecule has 0 atom stereocenters. The van der Waals surface area contributed by atoms with Gasteiger partial charge in [0.1, 0.15) is 0 Å². The lowest BCUT2D eigenvalue weighted by Crippen LogP contribution is -2.32. The molecule has 4 nitrogen and oxygen atoms in total. The summed E-state index contributed by atoms with van der Waals surface area (Å²) >= 11 is 0. The molecule has 5 heteroatoms. The molecular formula is C15H25NO3S. The minimum absolute atomic E-state index is 0.131. The topological polar surface area (TPSA) is 57.6 Å². The van der Waals surface area contributed by atoms with Crippen LogP contribution in [0.25, 0.3) is 0 Å². The minimum Gasteiger partial charge on any atom is -0.392 e. The summed E-state index contributed by atoms with van der Waals surface area (Å²) in [5.74, 6) is 0. The molecule has 0 aliphatic carbocycles. The molecular weight excluding hydrogens is 274 g/mol. The summed E-state index contributed by atoms with van der Waals surface area (Å²) in [6, 6.07) is 5.05. The number of sulfonamides is 1. The van der Waals surface area contributed by atoms with Crippen molar-refractivity contribution >= 4 is 10.0 Å². The highest BCUT2D eigenvalue weighted by atomic mass is 32.2. The van der Waals surface area contributed by atoms with E-state index in [1.807, 2.05) is 20.8 Å². The molecule has 0 amide bonds. The molecule has 0 unspecified atom stereocenters. The molecule has 0 aromatic heterocycles. The van der Waals surface area contributed by atoms with Gasteiger partial charge in [-0.2, -0.15) is 4.31 Å². The van der Waals surface area contributed by atoms with E-state index >= 15 is 0 Å². The molecule has 0 saturated carbocycles. The molecule has 0 aliphatic heterocycles. The van der Waals surface area contributed by atoms with Crippen LogP contribution in [-0.2, 0) is 23.1 Å². The van der Waals surface area contributed by atoms with Crippen LogP contribution in [0.3, 0.4) is 0 Å². The van der Waals surface area contributed by atoms with Gasteiger partial charge in [0.25, 0.3) is 0 Å². The monoisotopic (exact) mass is 299 g/mol. The first-order chi connectivity index (χ1) is 9.51. The highest BCUT2D eigenvalue weighted by Crippen LogP contribution is 2.21. The van der Waals surface area contributed by atoms with Gasteiger partial charge in [0.15, 0.2) is 0 Å². The third-order valence-corrected chi connectivity index (χ3v) is 5.21. The second kappa shape index (κ2) is 7.76. The summed E-state index contributed by atoms with van der Waals surface area (Å²) < 4.78 is 26.8. The Morgan fingerprint density at radius 3 is 2.10 bits per heavy atom. The van der Waals surface area contributed by atoms with E-state index in [1.54, 1.807) is 18.2 Å². The van der Waals surface area contributed by atoms with E-state index < -0.39 is 10.0 Å². The van der Waals surface area contributed by atoms with Crippen molar-refractivity contribution in [3.8, 4) is 0 Å². The molecule has 1 N–H and O–H groups in total. The zero-order valence-corrected chi connectivity index (χ0v) is 13.4. The molecule has 0 bridgehead atoms. The van der Waals surface area contributed by atoms with Crippen LogP contribution < -0.4 is 0 Å². The third kappa shape index (κ3) is 3.81. The largest absolute Gasteiger partial charge is 0.392 e. The summed E-state index contributed by atoms with van der Waals surface area (Å²) in [4.78, 5) is 0.278. The van der Waals surface area contributed by atoms with E-state index in [2.05, 4.69) is 0 Å². The standard InChI is InChI=1S/C15H25NO3S/c1-4-9-16(10-5-2)20(18,19)15-8-7-13(6-3)14(11-15)12-17/h7-8,11,17H,4-6,9-10,12H2,1-3H3. The first kappa shape index (κ1) is 17.1. The van der Waals surface area contributed by atoms with Gasteiger partial charge in [-0.3, -0.25) is 0 Å². The van der Waals surface area contributed by atoms with Crippen molar-refractivity contribution in [1.82, 2.24) is 4.31 Å². The zero-order chi connectivity index (χ0) is 15.2. The van der Waals surface area contributed by atoms with E-state index in [0.29, 0.717) is 18.7 Å². The van der Waals surface area contributed by atoms with Crippen LogP contribution in [0.2, 0.25) is 0 Å². The smallest absolute Gasteiger partial charge is 0.243 e. The van der Waals surface area contributed by atoms with Gasteiger partial charge in [-0.25, -0.2) is 8.42 Å². The lowest BCUT2D eigenvalue weighted by molar-refractivity contribution is 0.280. The molecule has 0 radical (unpaired) electrons. The van der Waals surface area contributed by atoms with Crippen molar-refractivity contribution in [2.24, 2.45) is 0 Å². The van der Waals surface area contributed by atoms with E-state index in [0.717, 1.165) is 24.8 Å². The Morgan fingerprint density at radius 2 is 1.65 bits per heavy atom. The normalized spacial score (nSPS) is 12.1. The van der Waals surface area contributed by atoms with Gasteiger partial charge in [0.2, 0.25) is 10.0 Å². The van der Waals surface area contributed by atoms with E-state index in [1.165, 1.54) is 4.31 Å². The first-order valence-electron chi connectivity index (χ1n) is 7.24. The van der Waals surface area contributed by atoms with Gasteiger partial charge < -0.3 is 5.11 Å². The summed E-state index contributed by atoms with van der Waals surface area (Å²) in [6.45, 7) is 6.85. The first-order valence-corrected chi connectivity index (χ1v) is 8.68. The maximum atomic E-state index is 12.6. The fraction of sp³-hybridized carbons (Fsp3) is 0.600. The van der Waals surface area contributed by atoms with Crippen molar-refractivity contribution in [3.05, 3.63) is 29.3 Å². The Morgan fingerprint density at radius 1 is 1.05 bits per heavy atom. The van der Waals surface area contributed by atoms with E-state index in [9.17, 15) is 13.5 Å². The average Bonchev–Trinajstić information content (AvgIpc) is 2.46. The number of hydrogen-bond donors (Lipinski definition) is 1. The Hall–Kier alpha value is -0.910. The van der Waals surface area contributed by atoms with Crippen molar-refractivity contribution < 1.29 is 13.5 Å². The van der Waals surface area contributed by atoms with Gasteiger partial charge in [0.05, 0.1) is 11.5 Å². The SMILES string of the molecule is CCCN(CCC)S(=O)(=O)c1ccc(CC)c(CO)c1.